The van der Waals surface area contributed by atoms with Gasteiger partial charge in [0.2, 0.25) is 0 Å². The minimum Gasteiger partial charge on any atom is -0.398 e. The maximum atomic E-state index is 6.00. The SMILES string of the molecule is Cc1ccc(N)c(-c2nc(C)nc(C(C)C)n2)c1. The van der Waals surface area contributed by atoms with Crippen LogP contribution in [0.2, 0.25) is 0 Å². The van der Waals surface area contributed by atoms with Crippen LogP contribution in [0.5, 0.6) is 0 Å². The molecular formula is C14H18N4. The zero-order valence-electron chi connectivity index (χ0n) is 11.2. The highest BCUT2D eigenvalue weighted by atomic mass is 15.0. The normalized spacial score (nSPS) is 10.9. The van der Waals surface area contributed by atoms with E-state index in [2.05, 4.69) is 28.8 Å². The van der Waals surface area contributed by atoms with Crippen LogP contribution in [0.25, 0.3) is 11.4 Å². The topological polar surface area (TPSA) is 64.7 Å². The molecule has 1 aromatic carbocycles. The first-order valence-electron chi connectivity index (χ1n) is 6.06. The third-order valence-corrected chi connectivity index (χ3v) is 2.73. The number of nitrogen functional groups attached to an aromatic ring is 1. The van der Waals surface area contributed by atoms with Gasteiger partial charge in [0, 0.05) is 17.2 Å². The van der Waals surface area contributed by atoms with Crippen LogP contribution >= 0.6 is 0 Å². The van der Waals surface area contributed by atoms with Gasteiger partial charge < -0.3 is 5.73 Å². The van der Waals surface area contributed by atoms with Gasteiger partial charge in [-0.25, -0.2) is 15.0 Å². The van der Waals surface area contributed by atoms with Crippen molar-refractivity contribution in [2.45, 2.75) is 33.6 Å². The molecule has 18 heavy (non-hydrogen) atoms. The van der Waals surface area contributed by atoms with E-state index >= 15 is 0 Å². The molecule has 0 spiro atoms. The predicted molar refractivity (Wildman–Crippen MR) is 73.2 cm³/mol. The van der Waals surface area contributed by atoms with Gasteiger partial charge in [0.1, 0.15) is 11.6 Å². The summed E-state index contributed by atoms with van der Waals surface area (Å²) in [5.41, 5.74) is 8.71. The molecule has 0 atom stereocenters. The molecule has 2 N–H and O–H groups in total. The summed E-state index contributed by atoms with van der Waals surface area (Å²) in [6, 6.07) is 5.88. The largest absolute Gasteiger partial charge is 0.398 e. The molecule has 0 aliphatic carbocycles. The average molecular weight is 242 g/mol. The highest BCUT2D eigenvalue weighted by Crippen LogP contribution is 2.24. The Kier molecular flexibility index (Phi) is 3.28. The van der Waals surface area contributed by atoms with Crippen molar-refractivity contribution in [3.05, 3.63) is 35.4 Å². The Balaban J connectivity index is 2.60. The number of benzene rings is 1. The molecule has 0 aliphatic heterocycles. The van der Waals surface area contributed by atoms with Gasteiger partial charge in [0.05, 0.1) is 0 Å². The van der Waals surface area contributed by atoms with Gasteiger partial charge in [-0.05, 0) is 26.0 Å². The molecule has 1 heterocycles. The molecule has 4 heteroatoms. The lowest BCUT2D eigenvalue weighted by Gasteiger charge is -2.09. The van der Waals surface area contributed by atoms with E-state index in [1.54, 1.807) is 0 Å². The fraction of sp³-hybridized carbons (Fsp3) is 0.357. The number of nitrogens with zero attached hydrogens (tertiary/aromatic N) is 3. The first-order chi connectivity index (χ1) is 8.47. The number of aryl methyl sites for hydroxylation is 2. The zero-order valence-corrected chi connectivity index (χ0v) is 11.2. The number of hydrogen-bond acceptors (Lipinski definition) is 4. The third-order valence-electron chi connectivity index (χ3n) is 2.73. The monoisotopic (exact) mass is 242 g/mol. The first kappa shape index (κ1) is 12.5. The molecule has 94 valence electrons. The summed E-state index contributed by atoms with van der Waals surface area (Å²) in [5.74, 6) is 2.46. The fourth-order valence-corrected chi connectivity index (χ4v) is 1.74. The number of aromatic nitrogens is 3. The molecule has 0 radical (unpaired) electrons. The molecule has 4 nitrogen and oxygen atoms in total. The highest BCUT2D eigenvalue weighted by molar-refractivity contribution is 5.72. The smallest absolute Gasteiger partial charge is 0.165 e. The van der Waals surface area contributed by atoms with Crippen molar-refractivity contribution >= 4 is 5.69 Å². The Hall–Kier alpha value is -1.97. The van der Waals surface area contributed by atoms with Gasteiger partial charge in [-0.2, -0.15) is 0 Å². The van der Waals surface area contributed by atoms with E-state index in [1.165, 1.54) is 0 Å². The molecule has 0 saturated heterocycles. The summed E-state index contributed by atoms with van der Waals surface area (Å²) in [6.07, 6.45) is 0. The van der Waals surface area contributed by atoms with Gasteiger partial charge in [-0.1, -0.05) is 25.5 Å². The molecule has 0 aliphatic rings. The summed E-state index contributed by atoms with van der Waals surface area (Å²) < 4.78 is 0. The lowest BCUT2D eigenvalue weighted by atomic mass is 10.1. The van der Waals surface area contributed by atoms with E-state index in [0.29, 0.717) is 11.5 Å². The van der Waals surface area contributed by atoms with Crippen LogP contribution in [0.15, 0.2) is 18.2 Å². The number of rotatable bonds is 2. The van der Waals surface area contributed by atoms with Crippen molar-refractivity contribution < 1.29 is 0 Å². The third kappa shape index (κ3) is 2.47. The molecule has 0 bridgehead atoms. The van der Waals surface area contributed by atoms with Crippen molar-refractivity contribution in [3.63, 3.8) is 0 Å². The molecule has 0 unspecified atom stereocenters. The molecule has 2 rings (SSSR count). The Labute approximate surface area is 107 Å². The lowest BCUT2D eigenvalue weighted by Crippen LogP contribution is -2.05. The van der Waals surface area contributed by atoms with Crippen molar-refractivity contribution in [1.29, 1.82) is 0 Å². The van der Waals surface area contributed by atoms with Crippen LogP contribution in [-0.2, 0) is 0 Å². The summed E-state index contributed by atoms with van der Waals surface area (Å²) in [5, 5.41) is 0. The fourth-order valence-electron chi connectivity index (χ4n) is 1.74. The van der Waals surface area contributed by atoms with Crippen LogP contribution in [0.4, 0.5) is 5.69 Å². The van der Waals surface area contributed by atoms with Gasteiger partial charge in [-0.15, -0.1) is 0 Å². The van der Waals surface area contributed by atoms with E-state index in [0.717, 1.165) is 22.8 Å². The van der Waals surface area contributed by atoms with Crippen LogP contribution in [-0.4, -0.2) is 15.0 Å². The van der Waals surface area contributed by atoms with Crippen LogP contribution < -0.4 is 5.73 Å². The maximum Gasteiger partial charge on any atom is 0.165 e. The molecule has 0 saturated carbocycles. The second-order valence-corrected chi connectivity index (χ2v) is 4.81. The molecule has 1 aromatic heterocycles. The average Bonchev–Trinajstić information content (AvgIpc) is 2.31. The molecule has 0 amide bonds. The van der Waals surface area contributed by atoms with Gasteiger partial charge in [0.25, 0.3) is 0 Å². The summed E-state index contributed by atoms with van der Waals surface area (Å²) in [4.78, 5) is 13.2. The second kappa shape index (κ2) is 4.72. The zero-order chi connectivity index (χ0) is 13.3. The lowest BCUT2D eigenvalue weighted by molar-refractivity contribution is 0.750. The Morgan fingerprint density at radius 3 is 2.44 bits per heavy atom. The molecular weight excluding hydrogens is 224 g/mol. The van der Waals surface area contributed by atoms with E-state index in [-0.39, 0.29) is 5.92 Å². The van der Waals surface area contributed by atoms with E-state index in [1.807, 2.05) is 32.0 Å². The van der Waals surface area contributed by atoms with Crippen molar-refractivity contribution in [1.82, 2.24) is 15.0 Å². The number of nitrogens with two attached hydrogens (primary N) is 1. The Bertz CT molecular complexity index is 576. The maximum absolute atomic E-state index is 6.00. The van der Waals surface area contributed by atoms with Crippen molar-refractivity contribution in [2.75, 3.05) is 5.73 Å². The Morgan fingerprint density at radius 1 is 1.06 bits per heavy atom. The number of anilines is 1. The first-order valence-corrected chi connectivity index (χ1v) is 6.06. The quantitative estimate of drug-likeness (QED) is 0.822. The Morgan fingerprint density at radius 2 is 1.78 bits per heavy atom. The van der Waals surface area contributed by atoms with Crippen LogP contribution in [0.1, 0.15) is 37.0 Å². The highest BCUT2D eigenvalue weighted by Gasteiger charge is 2.11. The molecule has 0 fully saturated rings. The van der Waals surface area contributed by atoms with Crippen molar-refractivity contribution in [3.8, 4) is 11.4 Å². The number of hydrogen-bond donors (Lipinski definition) is 1. The van der Waals surface area contributed by atoms with Crippen LogP contribution in [0.3, 0.4) is 0 Å². The second-order valence-electron chi connectivity index (χ2n) is 4.81. The minimum atomic E-state index is 0.275. The summed E-state index contributed by atoms with van der Waals surface area (Å²) in [6.45, 7) is 8.04. The molecule has 2 aromatic rings. The van der Waals surface area contributed by atoms with Gasteiger partial charge >= 0.3 is 0 Å². The van der Waals surface area contributed by atoms with E-state index in [4.69, 9.17) is 5.73 Å². The predicted octanol–water partition coefficient (Wildman–Crippen LogP) is 2.86. The summed E-state index contributed by atoms with van der Waals surface area (Å²) >= 11 is 0. The van der Waals surface area contributed by atoms with E-state index < -0.39 is 0 Å². The van der Waals surface area contributed by atoms with Crippen molar-refractivity contribution in [2.24, 2.45) is 0 Å². The van der Waals surface area contributed by atoms with Gasteiger partial charge in [-0.3, -0.25) is 0 Å². The van der Waals surface area contributed by atoms with E-state index in [9.17, 15) is 0 Å². The minimum absolute atomic E-state index is 0.275. The standard InChI is InChI=1S/C14H18N4/c1-8(2)13-16-10(4)17-14(18-13)11-7-9(3)5-6-12(11)15/h5-8H,15H2,1-4H3. The summed E-state index contributed by atoms with van der Waals surface area (Å²) in [7, 11) is 0. The van der Waals surface area contributed by atoms with Crippen LogP contribution in [0, 0.1) is 13.8 Å². The van der Waals surface area contributed by atoms with Gasteiger partial charge in [0.15, 0.2) is 5.82 Å².